The van der Waals surface area contributed by atoms with Crippen molar-refractivity contribution in [1.29, 1.82) is 0 Å². The minimum absolute atomic E-state index is 0.0968. The minimum atomic E-state index is -0.484. The zero-order valence-electron chi connectivity index (χ0n) is 15.6. The molecule has 140 valence electrons. The second kappa shape index (κ2) is 6.49. The van der Waals surface area contributed by atoms with Crippen LogP contribution in [0.3, 0.4) is 0 Å². The summed E-state index contributed by atoms with van der Waals surface area (Å²) in [4.78, 5) is 40.4. The Morgan fingerprint density at radius 1 is 1.28 bits per heavy atom. The van der Waals surface area contributed by atoms with Crippen LogP contribution >= 0.6 is 11.8 Å². The molecule has 0 radical (unpaired) electrons. The summed E-state index contributed by atoms with van der Waals surface area (Å²) in [6, 6.07) is -0.686. The number of hydrogen-bond donors (Lipinski definition) is 1. The van der Waals surface area contributed by atoms with E-state index in [0.717, 1.165) is 36.5 Å². The van der Waals surface area contributed by atoms with Gasteiger partial charge in [-0.15, -0.1) is 0 Å². The van der Waals surface area contributed by atoms with Gasteiger partial charge in [0.15, 0.2) is 0 Å². The quantitative estimate of drug-likeness (QED) is 0.756. The predicted octanol–water partition coefficient (Wildman–Crippen LogP) is 2.09. The third kappa shape index (κ3) is 3.66. The van der Waals surface area contributed by atoms with Crippen molar-refractivity contribution in [2.24, 2.45) is 10.8 Å². The molecule has 6 nitrogen and oxygen atoms in total. The summed E-state index contributed by atoms with van der Waals surface area (Å²) in [6.07, 6.45) is 5.70. The fraction of sp³-hybridized carbons (Fsp3) is 0.833. The Morgan fingerprint density at radius 2 is 2.00 bits per heavy atom. The molecule has 3 atom stereocenters. The van der Waals surface area contributed by atoms with Crippen molar-refractivity contribution in [3.63, 3.8) is 0 Å². The van der Waals surface area contributed by atoms with Gasteiger partial charge in [0.05, 0.1) is 0 Å². The van der Waals surface area contributed by atoms with E-state index in [0.29, 0.717) is 6.42 Å². The fourth-order valence-corrected chi connectivity index (χ4v) is 5.61. The Labute approximate surface area is 154 Å². The maximum atomic E-state index is 12.9. The van der Waals surface area contributed by atoms with Crippen LogP contribution in [0, 0.1) is 10.8 Å². The number of carbonyl (C=O) groups excluding carboxylic acids is 3. The van der Waals surface area contributed by atoms with Crippen molar-refractivity contribution in [2.75, 3.05) is 25.1 Å². The minimum Gasteiger partial charge on any atom is -0.338 e. The second-order valence-electron chi connectivity index (χ2n) is 8.94. The molecule has 0 spiro atoms. The van der Waals surface area contributed by atoms with Crippen LogP contribution in [0.4, 0.5) is 4.79 Å². The number of hydrogen-bond acceptors (Lipinski definition) is 4. The number of likely N-dealkylation sites (tertiary alicyclic amines) is 1. The van der Waals surface area contributed by atoms with Gasteiger partial charge in [-0.05, 0) is 48.5 Å². The van der Waals surface area contributed by atoms with Gasteiger partial charge in [-0.25, -0.2) is 4.79 Å². The summed E-state index contributed by atoms with van der Waals surface area (Å²) < 4.78 is 0. The highest BCUT2D eigenvalue weighted by Crippen LogP contribution is 2.52. The van der Waals surface area contributed by atoms with Crippen LogP contribution in [0.5, 0.6) is 0 Å². The van der Waals surface area contributed by atoms with E-state index < -0.39 is 12.1 Å². The number of imide groups is 1. The molecular formula is C18H29N3O3S. The van der Waals surface area contributed by atoms with Crippen molar-refractivity contribution in [3.05, 3.63) is 0 Å². The molecule has 7 heteroatoms. The van der Waals surface area contributed by atoms with Crippen LogP contribution in [0.1, 0.15) is 46.5 Å². The lowest BCUT2D eigenvalue weighted by Gasteiger charge is -2.39. The van der Waals surface area contributed by atoms with E-state index in [2.05, 4.69) is 26.1 Å². The van der Waals surface area contributed by atoms with Gasteiger partial charge in [0, 0.05) is 12.6 Å². The lowest BCUT2D eigenvalue weighted by Crippen LogP contribution is -2.45. The molecule has 2 aliphatic heterocycles. The fourth-order valence-electron chi connectivity index (χ4n) is 5.14. The molecular weight excluding hydrogens is 338 g/mol. The van der Waals surface area contributed by atoms with Crippen molar-refractivity contribution >= 4 is 29.6 Å². The van der Waals surface area contributed by atoms with Crippen LogP contribution < -0.4 is 5.32 Å². The van der Waals surface area contributed by atoms with Crippen molar-refractivity contribution in [2.45, 2.75) is 58.5 Å². The normalized spacial score (nSPS) is 33.8. The summed E-state index contributed by atoms with van der Waals surface area (Å²) in [5.74, 6) is 0.446. The molecule has 1 saturated carbocycles. The highest BCUT2D eigenvalue weighted by Gasteiger charge is 2.51. The lowest BCUT2D eigenvalue weighted by molar-refractivity contribution is -0.138. The van der Waals surface area contributed by atoms with Crippen molar-refractivity contribution < 1.29 is 14.4 Å². The molecule has 0 aromatic carbocycles. The third-order valence-corrected chi connectivity index (χ3v) is 6.39. The molecule has 2 bridgehead atoms. The molecule has 0 aromatic heterocycles. The Hall–Kier alpha value is -1.24. The number of fused-ring (bicyclic) bond motifs is 2. The average molecular weight is 368 g/mol. The third-order valence-electron chi connectivity index (χ3n) is 5.75. The van der Waals surface area contributed by atoms with Gasteiger partial charge < -0.3 is 10.2 Å². The summed E-state index contributed by atoms with van der Waals surface area (Å²) in [5.41, 5.74) is 0.386. The van der Waals surface area contributed by atoms with Crippen LogP contribution in [-0.4, -0.2) is 64.8 Å². The smallest absolute Gasteiger partial charge is 0.325 e. The second-order valence-corrected chi connectivity index (χ2v) is 9.93. The highest BCUT2D eigenvalue weighted by atomic mass is 32.2. The number of nitrogens with one attached hydrogen (secondary N) is 1. The lowest BCUT2D eigenvalue weighted by atomic mass is 9.65. The molecule has 3 rings (SSSR count). The topological polar surface area (TPSA) is 69.7 Å². The molecule has 3 aliphatic rings. The standard InChI is InChI=1S/C18H29N3O3S/c1-17(2)7-12-8-18(3,10-17)11-21(12)14(22)9-20-15(23)13(5-6-25-4)19-16(20)24/h12-13H,5-11H2,1-4H3,(H,19,24)/t12-,13+,18+/m1/s1. The number of thioether (sulfide) groups is 1. The van der Waals surface area contributed by atoms with E-state index in [1.54, 1.807) is 11.8 Å². The number of urea groups is 1. The molecule has 2 heterocycles. The first kappa shape index (κ1) is 18.5. The highest BCUT2D eigenvalue weighted by molar-refractivity contribution is 7.98. The zero-order chi connectivity index (χ0) is 18.4. The first-order chi connectivity index (χ1) is 11.6. The maximum Gasteiger partial charge on any atom is 0.325 e. The Morgan fingerprint density at radius 3 is 2.68 bits per heavy atom. The number of carbonyl (C=O) groups is 3. The Balaban J connectivity index is 1.65. The van der Waals surface area contributed by atoms with E-state index >= 15 is 0 Å². The molecule has 4 amide bonds. The Kier molecular flexibility index (Phi) is 4.81. The first-order valence-corrected chi connectivity index (χ1v) is 10.4. The molecule has 1 aliphatic carbocycles. The van der Waals surface area contributed by atoms with Crippen LogP contribution in [0.15, 0.2) is 0 Å². The van der Waals surface area contributed by atoms with Crippen LogP contribution in [0.2, 0.25) is 0 Å². The largest absolute Gasteiger partial charge is 0.338 e. The summed E-state index contributed by atoms with van der Waals surface area (Å²) in [5, 5.41) is 2.70. The monoisotopic (exact) mass is 367 g/mol. The van der Waals surface area contributed by atoms with Crippen LogP contribution in [-0.2, 0) is 9.59 Å². The van der Waals surface area contributed by atoms with Crippen molar-refractivity contribution in [3.8, 4) is 0 Å². The molecule has 0 unspecified atom stereocenters. The molecule has 0 aromatic rings. The predicted molar refractivity (Wildman–Crippen MR) is 98.3 cm³/mol. The van der Waals surface area contributed by atoms with Gasteiger partial charge in [-0.2, -0.15) is 11.8 Å². The number of rotatable bonds is 5. The Bertz CT molecular complexity index is 594. The molecule has 25 heavy (non-hydrogen) atoms. The van der Waals surface area contributed by atoms with Gasteiger partial charge in [-0.3, -0.25) is 14.5 Å². The maximum absolute atomic E-state index is 12.9. The van der Waals surface area contributed by atoms with Gasteiger partial charge in [0.2, 0.25) is 5.91 Å². The van der Waals surface area contributed by atoms with Gasteiger partial charge in [0.25, 0.3) is 5.91 Å². The van der Waals surface area contributed by atoms with E-state index in [-0.39, 0.29) is 35.2 Å². The number of nitrogens with zero attached hydrogens (tertiary/aromatic N) is 2. The van der Waals surface area contributed by atoms with E-state index in [4.69, 9.17) is 0 Å². The number of amides is 4. The SMILES string of the molecule is CSCC[C@@H]1NC(=O)N(CC(=O)N2C[C@@]3(C)C[C@H]2CC(C)(C)C3)C1=O. The molecule has 2 saturated heterocycles. The first-order valence-electron chi connectivity index (χ1n) is 9.04. The van der Waals surface area contributed by atoms with Gasteiger partial charge >= 0.3 is 6.03 Å². The van der Waals surface area contributed by atoms with Gasteiger partial charge in [0.1, 0.15) is 12.6 Å². The summed E-state index contributed by atoms with van der Waals surface area (Å²) >= 11 is 1.64. The molecule has 3 fully saturated rings. The van der Waals surface area contributed by atoms with Crippen LogP contribution in [0.25, 0.3) is 0 Å². The van der Waals surface area contributed by atoms with Crippen molar-refractivity contribution in [1.82, 2.24) is 15.1 Å². The van der Waals surface area contributed by atoms with E-state index in [1.165, 1.54) is 0 Å². The summed E-state index contributed by atoms with van der Waals surface area (Å²) in [7, 11) is 0. The van der Waals surface area contributed by atoms with Gasteiger partial charge in [-0.1, -0.05) is 20.8 Å². The average Bonchev–Trinajstić information content (AvgIpc) is 2.91. The van der Waals surface area contributed by atoms with E-state index in [9.17, 15) is 14.4 Å². The zero-order valence-corrected chi connectivity index (χ0v) is 16.4. The van der Waals surface area contributed by atoms with E-state index in [1.807, 2.05) is 11.2 Å². The summed E-state index contributed by atoms with van der Waals surface area (Å²) in [6.45, 7) is 7.38. The molecule has 1 N–H and O–H groups in total.